The van der Waals surface area contributed by atoms with Gasteiger partial charge in [-0.1, -0.05) is 0 Å². The first-order valence-corrected chi connectivity index (χ1v) is 7.07. The summed E-state index contributed by atoms with van der Waals surface area (Å²) in [4.78, 5) is 16.0. The van der Waals surface area contributed by atoms with Gasteiger partial charge in [-0.05, 0) is 13.2 Å². The lowest BCUT2D eigenvalue weighted by molar-refractivity contribution is 0.0607. The number of nitriles is 1. The van der Waals surface area contributed by atoms with Crippen LogP contribution in [0.4, 0.5) is 5.69 Å². The van der Waals surface area contributed by atoms with E-state index in [1.54, 1.807) is 0 Å². The van der Waals surface area contributed by atoms with E-state index in [2.05, 4.69) is 15.8 Å². The zero-order valence-corrected chi connectivity index (χ0v) is 11.9. The molecule has 1 aromatic heterocycles. The summed E-state index contributed by atoms with van der Waals surface area (Å²) in [5.41, 5.74) is 0.691. The van der Waals surface area contributed by atoms with Crippen molar-refractivity contribution < 1.29 is 14.3 Å². The largest absolute Gasteiger partial charge is 0.483 e. The third kappa shape index (κ3) is 3.03. The molecule has 0 bridgehead atoms. The van der Waals surface area contributed by atoms with Crippen molar-refractivity contribution in [2.45, 2.75) is 11.1 Å². The number of ether oxygens (including phenoxy) is 2. The number of methoxy groups -OCH3 is 1. The summed E-state index contributed by atoms with van der Waals surface area (Å²) in [5.74, 6) is -0.500. The lowest BCUT2D eigenvalue weighted by Crippen LogP contribution is -1.98. The van der Waals surface area contributed by atoms with E-state index in [1.165, 1.54) is 36.6 Å². The van der Waals surface area contributed by atoms with Gasteiger partial charge in [-0.25, -0.2) is 9.79 Å². The molecule has 7 heteroatoms. The highest BCUT2D eigenvalue weighted by molar-refractivity contribution is 8.00. The number of aliphatic imine (C=N–C) groups is 1. The number of rotatable bonds is 5. The number of carbonyl (C=O) groups is 1. The normalized spacial score (nSPS) is 10.3. The van der Waals surface area contributed by atoms with Crippen molar-refractivity contribution in [3.05, 3.63) is 10.4 Å². The fourth-order valence-corrected chi connectivity index (χ4v) is 2.94. The van der Waals surface area contributed by atoms with E-state index in [4.69, 9.17) is 10.00 Å². The maximum absolute atomic E-state index is 11.6. The molecule has 0 aliphatic heterocycles. The van der Waals surface area contributed by atoms with Gasteiger partial charge in [-0.2, -0.15) is 5.26 Å². The summed E-state index contributed by atoms with van der Waals surface area (Å²) < 4.78 is 10.4. The molecule has 0 atom stereocenters. The summed E-state index contributed by atoms with van der Waals surface area (Å²) in [5, 5.41) is 9.13. The lowest BCUT2D eigenvalue weighted by atomic mass is 10.2. The summed E-state index contributed by atoms with van der Waals surface area (Å²) in [6.07, 6.45) is 3.07. The van der Waals surface area contributed by atoms with E-state index in [0.29, 0.717) is 22.7 Å². The number of nitrogens with zero attached hydrogens (tertiary/aromatic N) is 2. The third-order valence-electron chi connectivity index (χ3n) is 1.94. The summed E-state index contributed by atoms with van der Waals surface area (Å²) in [6, 6.07) is 2.05. The molecular formula is C11H12N2O3S2. The molecule has 0 spiro atoms. The van der Waals surface area contributed by atoms with Crippen LogP contribution >= 0.6 is 23.1 Å². The van der Waals surface area contributed by atoms with Gasteiger partial charge in [0.05, 0.1) is 17.9 Å². The molecule has 96 valence electrons. The Balaban J connectivity index is 3.29. The molecule has 0 aromatic carbocycles. The van der Waals surface area contributed by atoms with Crippen molar-refractivity contribution in [1.29, 1.82) is 5.26 Å². The fourth-order valence-electron chi connectivity index (χ4n) is 1.16. The molecule has 0 fully saturated rings. The second-order valence-electron chi connectivity index (χ2n) is 2.94. The van der Waals surface area contributed by atoms with Crippen LogP contribution in [0.5, 0.6) is 0 Å². The van der Waals surface area contributed by atoms with Gasteiger partial charge in [-0.15, -0.1) is 23.1 Å². The van der Waals surface area contributed by atoms with Crippen molar-refractivity contribution >= 4 is 41.2 Å². The van der Waals surface area contributed by atoms with Crippen LogP contribution in [-0.4, -0.2) is 32.3 Å². The zero-order chi connectivity index (χ0) is 13.5. The Labute approximate surface area is 113 Å². The van der Waals surface area contributed by atoms with Crippen molar-refractivity contribution in [1.82, 2.24) is 0 Å². The highest BCUT2D eigenvalue weighted by Gasteiger charge is 2.22. The molecule has 0 saturated carbocycles. The number of hydrogen-bond donors (Lipinski definition) is 0. The van der Waals surface area contributed by atoms with Crippen LogP contribution in [0, 0.1) is 11.3 Å². The number of thiophene rings is 1. The highest BCUT2D eigenvalue weighted by Crippen LogP contribution is 2.40. The number of thioether (sulfide) groups is 1. The van der Waals surface area contributed by atoms with Crippen LogP contribution in [0.1, 0.15) is 22.2 Å². The third-order valence-corrected chi connectivity index (χ3v) is 4.22. The first-order chi connectivity index (χ1) is 8.69. The van der Waals surface area contributed by atoms with E-state index < -0.39 is 5.97 Å². The van der Waals surface area contributed by atoms with Crippen LogP contribution < -0.4 is 0 Å². The molecule has 0 unspecified atom stereocenters. The highest BCUT2D eigenvalue weighted by atomic mass is 32.2. The molecule has 1 heterocycles. The van der Waals surface area contributed by atoms with Crippen LogP contribution in [0.25, 0.3) is 0 Å². The quantitative estimate of drug-likeness (QED) is 0.360. The zero-order valence-electron chi connectivity index (χ0n) is 10.2. The summed E-state index contributed by atoms with van der Waals surface area (Å²) >= 11 is 2.59. The Kier molecular flexibility index (Phi) is 5.68. The summed E-state index contributed by atoms with van der Waals surface area (Å²) in [7, 11) is 1.29. The molecule has 0 aliphatic carbocycles. The van der Waals surface area contributed by atoms with Gasteiger partial charge >= 0.3 is 5.97 Å². The molecule has 5 nitrogen and oxygen atoms in total. The van der Waals surface area contributed by atoms with E-state index in [1.807, 2.05) is 13.2 Å². The standard InChI is InChI=1S/C11H12N2O3S2/c1-4-16-6-13-8-7(5-12)11(17-3)18-9(8)10(14)15-2/h6H,4H2,1-3H3. The van der Waals surface area contributed by atoms with Crippen molar-refractivity contribution in [3.8, 4) is 6.07 Å². The predicted octanol–water partition coefficient (Wildman–Crippen LogP) is 2.82. The molecule has 0 aliphatic rings. The predicted molar refractivity (Wildman–Crippen MR) is 71.9 cm³/mol. The maximum atomic E-state index is 11.6. The monoisotopic (exact) mass is 284 g/mol. The number of hydrogen-bond acceptors (Lipinski definition) is 7. The lowest BCUT2D eigenvalue weighted by Gasteiger charge is -1.97. The van der Waals surface area contributed by atoms with Crippen molar-refractivity contribution in [3.63, 3.8) is 0 Å². The molecule has 18 heavy (non-hydrogen) atoms. The minimum absolute atomic E-state index is 0.312. The Hall–Kier alpha value is -1.52. The minimum atomic E-state index is -0.500. The average molecular weight is 284 g/mol. The SMILES string of the molecule is CCOC=Nc1c(C(=O)OC)sc(SC)c1C#N. The van der Waals surface area contributed by atoms with Crippen LogP contribution in [-0.2, 0) is 9.47 Å². The van der Waals surface area contributed by atoms with E-state index in [-0.39, 0.29) is 0 Å². The molecular weight excluding hydrogens is 272 g/mol. The van der Waals surface area contributed by atoms with Gasteiger partial charge in [0, 0.05) is 0 Å². The first kappa shape index (κ1) is 14.5. The van der Waals surface area contributed by atoms with Crippen LogP contribution in [0.2, 0.25) is 0 Å². The second kappa shape index (κ2) is 7.03. The van der Waals surface area contributed by atoms with Gasteiger partial charge in [0.1, 0.15) is 22.2 Å². The fraction of sp³-hybridized carbons (Fsp3) is 0.364. The van der Waals surface area contributed by atoms with E-state index in [9.17, 15) is 4.79 Å². The van der Waals surface area contributed by atoms with Gasteiger partial charge < -0.3 is 9.47 Å². The van der Waals surface area contributed by atoms with E-state index in [0.717, 1.165) is 4.21 Å². The molecule has 0 N–H and O–H groups in total. The van der Waals surface area contributed by atoms with Gasteiger partial charge in [0.2, 0.25) is 0 Å². The first-order valence-electron chi connectivity index (χ1n) is 5.02. The number of esters is 1. The van der Waals surface area contributed by atoms with Gasteiger partial charge in [0.25, 0.3) is 0 Å². The molecule has 1 aromatic rings. The van der Waals surface area contributed by atoms with Crippen LogP contribution in [0.15, 0.2) is 9.20 Å². The van der Waals surface area contributed by atoms with Crippen molar-refractivity contribution in [2.24, 2.45) is 4.99 Å². The van der Waals surface area contributed by atoms with Crippen LogP contribution in [0.3, 0.4) is 0 Å². The Bertz CT molecular complexity index is 503. The van der Waals surface area contributed by atoms with Gasteiger partial charge in [0.15, 0.2) is 6.40 Å². The Morgan fingerprint density at radius 1 is 1.67 bits per heavy atom. The molecule has 0 amide bonds. The molecule has 1 rings (SSSR count). The van der Waals surface area contributed by atoms with E-state index >= 15 is 0 Å². The Morgan fingerprint density at radius 2 is 2.39 bits per heavy atom. The maximum Gasteiger partial charge on any atom is 0.350 e. The molecule has 0 saturated heterocycles. The van der Waals surface area contributed by atoms with Crippen molar-refractivity contribution in [2.75, 3.05) is 20.0 Å². The smallest absolute Gasteiger partial charge is 0.350 e. The summed E-state index contributed by atoms with van der Waals surface area (Å²) in [6.45, 7) is 2.29. The topological polar surface area (TPSA) is 71.7 Å². The Morgan fingerprint density at radius 3 is 2.89 bits per heavy atom. The number of carbonyl (C=O) groups excluding carboxylic acids is 1. The average Bonchev–Trinajstić information content (AvgIpc) is 2.76. The van der Waals surface area contributed by atoms with Gasteiger partial charge in [-0.3, -0.25) is 0 Å². The molecule has 0 radical (unpaired) electrons. The second-order valence-corrected chi connectivity index (χ2v) is 5.04. The minimum Gasteiger partial charge on any atom is -0.483 e.